The Bertz CT molecular complexity index is 979. The first-order valence-corrected chi connectivity index (χ1v) is 13.3. The number of methoxy groups -OCH3 is 1. The second kappa shape index (κ2) is 12.8. The molecule has 2 amide bonds. The van der Waals surface area contributed by atoms with E-state index in [0.29, 0.717) is 36.5 Å². The van der Waals surface area contributed by atoms with E-state index in [1.807, 2.05) is 51.1 Å². The van der Waals surface area contributed by atoms with Crippen molar-refractivity contribution in [3.8, 4) is 0 Å². The SMILES string of the molecule is Br.COC1C(OC(=O)N(Cl)C(C)=O)CCC(O)(CS)C1(CCc1ccccc1)C1(C)OC1CC=C(C)C. The standard InChI is InChI=1S/C27H38ClNO6S.BrH/c1-18(2)11-12-22-25(4,35-22)27(16-13-20-9-7-6-8-10-20)23(33-5)21(14-15-26(27,32)17-36)34-24(31)29(28)19(3)30;/h6-11,21-23,32,36H,12-17H2,1-5H3;1H. The molecule has 37 heavy (non-hydrogen) atoms. The van der Waals surface area contributed by atoms with Crippen LogP contribution in [0.25, 0.3) is 0 Å². The molecule has 6 atom stereocenters. The number of amides is 2. The van der Waals surface area contributed by atoms with Crippen molar-refractivity contribution in [3.05, 3.63) is 47.5 Å². The van der Waals surface area contributed by atoms with Crippen LogP contribution < -0.4 is 0 Å². The Kier molecular flexibility index (Phi) is 11.1. The summed E-state index contributed by atoms with van der Waals surface area (Å²) >= 11 is 10.4. The molecule has 0 spiro atoms. The van der Waals surface area contributed by atoms with Gasteiger partial charge in [-0.2, -0.15) is 17.0 Å². The predicted molar refractivity (Wildman–Crippen MR) is 152 cm³/mol. The zero-order valence-corrected chi connectivity index (χ0v) is 25.5. The van der Waals surface area contributed by atoms with E-state index in [0.717, 1.165) is 5.56 Å². The molecule has 2 aliphatic rings. The van der Waals surface area contributed by atoms with Gasteiger partial charge in [-0.3, -0.25) is 4.79 Å². The van der Waals surface area contributed by atoms with E-state index in [9.17, 15) is 14.7 Å². The minimum atomic E-state index is -1.26. The molecule has 1 aromatic rings. The van der Waals surface area contributed by atoms with E-state index in [-0.39, 0.29) is 28.8 Å². The molecule has 1 aliphatic carbocycles. The maximum absolute atomic E-state index is 12.6. The summed E-state index contributed by atoms with van der Waals surface area (Å²) in [6.45, 7) is 7.26. The molecule has 2 fully saturated rings. The Morgan fingerprint density at radius 3 is 2.46 bits per heavy atom. The molecule has 1 N–H and O–H groups in total. The fourth-order valence-electron chi connectivity index (χ4n) is 5.96. The van der Waals surface area contributed by atoms with Gasteiger partial charge >= 0.3 is 6.09 Å². The van der Waals surface area contributed by atoms with Gasteiger partial charge in [-0.05, 0) is 58.4 Å². The van der Waals surface area contributed by atoms with Gasteiger partial charge in [-0.25, -0.2) is 4.79 Å². The molecule has 6 unspecified atom stereocenters. The number of benzene rings is 1. The first-order valence-electron chi connectivity index (χ1n) is 12.3. The molecule has 3 rings (SSSR count). The molecular formula is C27H39BrClNO6S. The summed E-state index contributed by atoms with van der Waals surface area (Å²) in [5.41, 5.74) is -0.701. The van der Waals surface area contributed by atoms with Gasteiger partial charge in [0, 0.05) is 31.6 Å². The highest BCUT2D eigenvalue weighted by Gasteiger charge is 2.76. The van der Waals surface area contributed by atoms with Crippen LogP contribution in [-0.4, -0.2) is 63.9 Å². The Morgan fingerprint density at radius 2 is 1.92 bits per heavy atom. The van der Waals surface area contributed by atoms with Crippen LogP contribution in [-0.2, 0) is 25.4 Å². The fourth-order valence-corrected chi connectivity index (χ4v) is 6.44. The number of carbonyl (C=O) groups excluding carboxylic acids is 2. The monoisotopic (exact) mass is 619 g/mol. The number of thiol groups is 1. The fraction of sp³-hybridized carbons (Fsp3) is 0.630. The smallest absolute Gasteiger partial charge is 0.432 e. The zero-order chi connectivity index (χ0) is 26.7. The Labute approximate surface area is 241 Å². The second-order valence-corrected chi connectivity index (χ2v) is 10.9. The summed E-state index contributed by atoms with van der Waals surface area (Å²) in [4.78, 5) is 24.3. The maximum Gasteiger partial charge on any atom is 0.432 e. The molecule has 1 aromatic carbocycles. The minimum Gasteiger partial charge on any atom is -0.442 e. The Hall–Kier alpha value is -1.10. The van der Waals surface area contributed by atoms with Crippen LogP contribution in [0.15, 0.2) is 42.0 Å². The molecule has 7 nitrogen and oxygen atoms in total. The molecule has 1 saturated carbocycles. The van der Waals surface area contributed by atoms with Gasteiger partial charge in [0.25, 0.3) is 0 Å². The molecule has 208 valence electrons. The minimum absolute atomic E-state index is 0. The van der Waals surface area contributed by atoms with E-state index in [2.05, 4.69) is 18.7 Å². The van der Waals surface area contributed by atoms with Crippen molar-refractivity contribution in [1.29, 1.82) is 0 Å². The lowest BCUT2D eigenvalue weighted by atomic mass is 9.52. The quantitative estimate of drug-likeness (QED) is 0.160. The van der Waals surface area contributed by atoms with Crippen molar-refractivity contribution >= 4 is 53.4 Å². The normalized spacial score (nSPS) is 32.6. The molecule has 1 aliphatic heterocycles. The number of rotatable bonds is 9. The zero-order valence-electron chi connectivity index (χ0n) is 22.1. The summed E-state index contributed by atoms with van der Waals surface area (Å²) in [6, 6.07) is 10.0. The molecule has 0 aromatic heterocycles. The van der Waals surface area contributed by atoms with E-state index < -0.39 is 40.8 Å². The number of halogens is 2. The van der Waals surface area contributed by atoms with Gasteiger partial charge in [-0.1, -0.05) is 42.0 Å². The lowest BCUT2D eigenvalue weighted by Gasteiger charge is -2.58. The van der Waals surface area contributed by atoms with E-state index in [1.54, 1.807) is 7.11 Å². The third-order valence-electron chi connectivity index (χ3n) is 7.92. The number of hydrogen-bond donors (Lipinski definition) is 2. The van der Waals surface area contributed by atoms with Gasteiger partial charge in [0.1, 0.15) is 17.8 Å². The van der Waals surface area contributed by atoms with Crippen LogP contribution in [0.3, 0.4) is 0 Å². The summed E-state index contributed by atoms with van der Waals surface area (Å²) in [5.74, 6) is -0.459. The Morgan fingerprint density at radius 1 is 1.27 bits per heavy atom. The third kappa shape index (κ3) is 6.23. The predicted octanol–water partition coefficient (Wildman–Crippen LogP) is 5.67. The summed E-state index contributed by atoms with van der Waals surface area (Å²) < 4.78 is 18.6. The number of hydrogen-bond acceptors (Lipinski definition) is 7. The number of carbonyl (C=O) groups is 2. The number of aliphatic hydroxyl groups is 1. The highest BCUT2D eigenvalue weighted by molar-refractivity contribution is 8.93. The van der Waals surface area contributed by atoms with Gasteiger partial charge in [0.2, 0.25) is 5.91 Å². The second-order valence-electron chi connectivity index (χ2n) is 10.3. The number of nitrogens with zero attached hydrogens (tertiary/aromatic N) is 1. The maximum atomic E-state index is 12.6. The highest BCUT2D eigenvalue weighted by Crippen LogP contribution is 2.65. The van der Waals surface area contributed by atoms with Crippen molar-refractivity contribution in [2.75, 3.05) is 12.9 Å². The lowest BCUT2D eigenvalue weighted by molar-refractivity contribution is -0.235. The number of imide groups is 1. The van der Waals surface area contributed by atoms with Gasteiger partial charge in [-0.15, -0.1) is 17.0 Å². The first-order chi connectivity index (χ1) is 17.0. The average molecular weight is 621 g/mol. The van der Waals surface area contributed by atoms with Crippen molar-refractivity contribution in [2.24, 2.45) is 5.41 Å². The molecule has 0 radical (unpaired) electrons. The number of allylic oxidation sites excluding steroid dienone is 1. The van der Waals surface area contributed by atoms with E-state index >= 15 is 0 Å². The van der Waals surface area contributed by atoms with E-state index in [1.165, 1.54) is 12.5 Å². The van der Waals surface area contributed by atoms with Gasteiger partial charge in [0.15, 0.2) is 0 Å². The van der Waals surface area contributed by atoms with Crippen molar-refractivity contribution in [1.82, 2.24) is 4.42 Å². The van der Waals surface area contributed by atoms with Gasteiger partial charge < -0.3 is 19.3 Å². The van der Waals surface area contributed by atoms with Crippen LogP contribution in [0, 0.1) is 5.41 Å². The highest BCUT2D eigenvalue weighted by atomic mass is 79.9. The molecule has 10 heteroatoms. The summed E-state index contributed by atoms with van der Waals surface area (Å²) in [6.07, 6.45) is 2.04. The van der Waals surface area contributed by atoms with Crippen LogP contribution in [0.2, 0.25) is 0 Å². The number of epoxide rings is 1. The van der Waals surface area contributed by atoms with Crippen LogP contribution in [0.1, 0.15) is 58.9 Å². The number of ether oxygens (including phenoxy) is 3. The summed E-state index contributed by atoms with van der Waals surface area (Å²) in [5, 5.41) is 12.2. The van der Waals surface area contributed by atoms with Crippen molar-refractivity contribution in [3.63, 3.8) is 0 Å². The number of aryl methyl sites for hydroxylation is 1. The largest absolute Gasteiger partial charge is 0.442 e. The van der Waals surface area contributed by atoms with Gasteiger partial charge in [0.05, 0.1) is 17.1 Å². The van der Waals surface area contributed by atoms with Crippen LogP contribution in [0.5, 0.6) is 0 Å². The summed E-state index contributed by atoms with van der Waals surface area (Å²) in [7, 11) is 1.55. The third-order valence-corrected chi connectivity index (χ3v) is 8.82. The van der Waals surface area contributed by atoms with Crippen LogP contribution >= 0.6 is 41.4 Å². The lowest BCUT2D eigenvalue weighted by Crippen LogP contribution is -2.70. The average Bonchev–Trinajstić information content (AvgIpc) is 3.53. The van der Waals surface area contributed by atoms with Crippen molar-refractivity contribution < 1.29 is 28.9 Å². The topological polar surface area (TPSA) is 88.6 Å². The first kappa shape index (κ1) is 32.1. The molecular weight excluding hydrogens is 582 g/mol. The van der Waals surface area contributed by atoms with E-state index in [4.69, 9.17) is 26.0 Å². The van der Waals surface area contributed by atoms with Crippen molar-refractivity contribution in [2.45, 2.75) is 89.3 Å². The molecule has 1 saturated heterocycles. The molecule has 1 heterocycles. The molecule has 0 bridgehead atoms. The van der Waals surface area contributed by atoms with Crippen LogP contribution in [0.4, 0.5) is 4.79 Å². The Balaban J connectivity index is 0.00000481.